The van der Waals surface area contributed by atoms with Crippen LogP contribution in [0.4, 0.5) is 0 Å². The van der Waals surface area contributed by atoms with Gasteiger partial charge in [0.25, 0.3) is 0 Å². The van der Waals surface area contributed by atoms with Crippen LogP contribution < -0.4 is 5.32 Å². The molecule has 0 saturated carbocycles. The molecule has 1 fully saturated rings. The summed E-state index contributed by atoms with van der Waals surface area (Å²) in [7, 11) is 1.87. The number of carbonyl (C=O) groups is 1. The Kier molecular flexibility index (Phi) is 3.78. The summed E-state index contributed by atoms with van der Waals surface area (Å²) in [5.41, 5.74) is 0.215. The highest BCUT2D eigenvalue weighted by Crippen LogP contribution is 2.29. The van der Waals surface area contributed by atoms with Crippen LogP contribution in [0.1, 0.15) is 36.9 Å². The highest BCUT2D eigenvalue weighted by molar-refractivity contribution is 7.12. The Morgan fingerprint density at radius 1 is 1.44 bits per heavy atom. The van der Waals surface area contributed by atoms with Crippen molar-refractivity contribution >= 4 is 17.2 Å². The molecule has 1 N–H and O–H groups in total. The molecule has 0 bridgehead atoms. The molecule has 0 aliphatic carbocycles. The molecule has 1 unspecified atom stereocenters. The molecule has 0 aromatic carbocycles. The molecular formula is C14H22N2OS. The average molecular weight is 266 g/mol. The van der Waals surface area contributed by atoms with Gasteiger partial charge >= 0.3 is 0 Å². The van der Waals surface area contributed by atoms with Gasteiger partial charge < -0.3 is 10.2 Å². The third kappa shape index (κ3) is 2.93. The quantitative estimate of drug-likeness (QED) is 0.911. The molecule has 1 aromatic rings. The third-order valence-corrected chi connectivity index (χ3v) is 4.86. The molecule has 100 valence electrons. The normalized spacial score (nSPS) is 20.8. The monoisotopic (exact) mass is 266 g/mol. The number of likely N-dealkylation sites (tertiary alicyclic amines) is 1. The minimum absolute atomic E-state index is 0.00943. The Bertz CT molecular complexity index is 433. The summed E-state index contributed by atoms with van der Waals surface area (Å²) in [5.74, 6) is 0.225. The fourth-order valence-electron chi connectivity index (χ4n) is 2.11. The maximum atomic E-state index is 11.8. The summed E-state index contributed by atoms with van der Waals surface area (Å²) in [6.45, 7) is 8.35. The van der Waals surface area contributed by atoms with Gasteiger partial charge in [-0.2, -0.15) is 0 Å². The number of thiophene rings is 1. The van der Waals surface area contributed by atoms with Gasteiger partial charge in [-0.3, -0.25) is 4.79 Å². The van der Waals surface area contributed by atoms with Crippen molar-refractivity contribution in [3.63, 3.8) is 0 Å². The maximum Gasteiger partial charge on any atom is 0.239 e. The second-order valence-corrected chi connectivity index (χ2v) is 7.17. The number of nitrogens with one attached hydrogen (secondary N) is 1. The van der Waals surface area contributed by atoms with Gasteiger partial charge in [-0.05, 0) is 24.0 Å². The van der Waals surface area contributed by atoms with E-state index in [0.717, 1.165) is 19.5 Å². The van der Waals surface area contributed by atoms with E-state index in [1.54, 1.807) is 4.90 Å². The molecule has 0 radical (unpaired) electrons. The Morgan fingerprint density at radius 3 is 2.67 bits per heavy atom. The smallest absolute Gasteiger partial charge is 0.239 e. The maximum absolute atomic E-state index is 11.8. The summed E-state index contributed by atoms with van der Waals surface area (Å²) in [6.07, 6.45) is 0.923. The van der Waals surface area contributed by atoms with Gasteiger partial charge in [-0.25, -0.2) is 0 Å². The molecule has 1 saturated heterocycles. The molecule has 3 nitrogen and oxygen atoms in total. The van der Waals surface area contributed by atoms with Crippen molar-refractivity contribution in [3.8, 4) is 0 Å². The summed E-state index contributed by atoms with van der Waals surface area (Å²) < 4.78 is 0. The van der Waals surface area contributed by atoms with E-state index in [4.69, 9.17) is 0 Å². The molecule has 1 aliphatic heterocycles. The Morgan fingerprint density at radius 2 is 2.17 bits per heavy atom. The Balaban J connectivity index is 1.91. The van der Waals surface area contributed by atoms with Crippen LogP contribution in [0.3, 0.4) is 0 Å². The lowest BCUT2D eigenvalue weighted by Crippen LogP contribution is -2.36. The minimum Gasteiger partial charge on any atom is -0.344 e. The molecule has 0 spiro atoms. The van der Waals surface area contributed by atoms with E-state index in [1.807, 2.05) is 18.4 Å². The van der Waals surface area contributed by atoms with E-state index in [0.29, 0.717) is 0 Å². The number of hydrogen-bond donors (Lipinski definition) is 1. The van der Waals surface area contributed by atoms with E-state index >= 15 is 0 Å². The molecule has 1 atom stereocenters. The number of rotatable bonds is 3. The van der Waals surface area contributed by atoms with Crippen molar-refractivity contribution in [1.29, 1.82) is 0 Å². The van der Waals surface area contributed by atoms with Gasteiger partial charge in [0, 0.05) is 29.9 Å². The molecular weight excluding hydrogens is 244 g/mol. The summed E-state index contributed by atoms with van der Waals surface area (Å²) in [6, 6.07) is 4.38. The fraction of sp³-hybridized carbons (Fsp3) is 0.643. The van der Waals surface area contributed by atoms with Crippen LogP contribution in [0.15, 0.2) is 12.1 Å². The van der Waals surface area contributed by atoms with Crippen LogP contribution in [-0.4, -0.2) is 30.4 Å². The largest absolute Gasteiger partial charge is 0.344 e. The van der Waals surface area contributed by atoms with Crippen molar-refractivity contribution < 1.29 is 4.79 Å². The lowest BCUT2D eigenvalue weighted by atomic mass is 9.95. The van der Waals surface area contributed by atoms with Crippen LogP contribution in [0, 0.1) is 0 Å². The first-order valence-electron chi connectivity index (χ1n) is 6.45. The summed E-state index contributed by atoms with van der Waals surface area (Å²) in [5, 5.41) is 3.36. The SMILES string of the molecule is CN1CCC(NCc2ccc(C(C)(C)C)s2)C1=O. The number of likely N-dealkylation sites (N-methyl/N-ethyl adjacent to an activating group) is 1. The van der Waals surface area contributed by atoms with Gasteiger partial charge in [0.2, 0.25) is 5.91 Å². The predicted molar refractivity (Wildman–Crippen MR) is 75.9 cm³/mol. The van der Waals surface area contributed by atoms with Gasteiger partial charge in [-0.1, -0.05) is 20.8 Å². The van der Waals surface area contributed by atoms with Crippen LogP contribution >= 0.6 is 11.3 Å². The van der Waals surface area contributed by atoms with Crippen molar-refractivity contribution in [3.05, 3.63) is 21.9 Å². The predicted octanol–water partition coefficient (Wildman–Crippen LogP) is 2.37. The Hall–Kier alpha value is -0.870. The second kappa shape index (κ2) is 5.02. The topological polar surface area (TPSA) is 32.3 Å². The van der Waals surface area contributed by atoms with Crippen molar-refractivity contribution in [1.82, 2.24) is 10.2 Å². The molecule has 2 heterocycles. The second-order valence-electron chi connectivity index (χ2n) is 6.00. The van der Waals surface area contributed by atoms with Crippen LogP contribution in [0.2, 0.25) is 0 Å². The standard InChI is InChI=1S/C14H22N2OS/c1-14(2,3)12-6-5-10(18-12)9-15-11-7-8-16(4)13(11)17/h5-6,11,15H,7-9H2,1-4H3. The number of hydrogen-bond acceptors (Lipinski definition) is 3. The zero-order valence-electron chi connectivity index (χ0n) is 11.6. The van der Waals surface area contributed by atoms with Gasteiger partial charge in [0.15, 0.2) is 0 Å². The first kappa shape index (κ1) is 13.6. The lowest BCUT2D eigenvalue weighted by molar-refractivity contribution is -0.128. The van der Waals surface area contributed by atoms with Crippen LogP contribution in [0.25, 0.3) is 0 Å². The molecule has 2 rings (SSSR count). The number of amides is 1. The highest BCUT2D eigenvalue weighted by atomic mass is 32.1. The van der Waals surface area contributed by atoms with Crippen LogP contribution in [0.5, 0.6) is 0 Å². The van der Waals surface area contributed by atoms with Gasteiger partial charge in [0.05, 0.1) is 6.04 Å². The van der Waals surface area contributed by atoms with Gasteiger partial charge in [-0.15, -0.1) is 11.3 Å². The average Bonchev–Trinajstić information content (AvgIpc) is 2.86. The molecule has 1 amide bonds. The van der Waals surface area contributed by atoms with Crippen LogP contribution in [-0.2, 0) is 16.8 Å². The Labute approximate surface area is 113 Å². The van der Waals surface area contributed by atoms with E-state index in [9.17, 15) is 4.79 Å². The molecule has 18 heavy (non-hydrogen) atoms. The summed E-state index contributed by atoms with van der Waals surface area (Å²) in [4.78, 5) is 16.3. The molecule has 1 aromatic heterocycles. The summed E-state index contributed by atoms with van der Waals surface area (Å²) >= 11 is 1.84. The third-order valence-electron chi connectivity index (χ3n) is 3.35. The number of nitrogens with zero attached hydrogens (tertiary/aromatic N) is 1. The zero-order chi connectivity index (χ0) is 13.3. The molecule has 4 heteroatoms. The van der Waals surface area contributed by atoms with E-state index in [2.05, 4.69) is 38.2 Å². The molecule has 1 aliphatic rings. The van der Waals surface area contributed by atoms with Crippen molar-refractivity contribution in [2.45, 2.75) is 45.2 Å². The fourth-order valence-corrected chi connectivity index (χ4v) is 3.13. The lowest BCUT2D eigenvalue weighted by Gasteiger charge is -2.15. The van der Waals surface area contributed by atoms with Crippen molar-refractivity contribution in [2.75, 3.05) is 13.6 Å². The first-order chi connectivity index (χ1) is 8.38. The number of carbonyl (C=O) groups excluding carboxylic acids is 1. The van der Waals surface area contributed by atoms with E-state index in [-0.39, 0.29) is 17.4 Å². The minimum atomic E-state index is 0.00943. The van der Waals surface area contributed by atoms with Crippen molar-refractivity contribution in [2.24, 2.45) is 0 Å². The highest BCUT2D eigenvalue weighted by Gasteiger charge is 2.28. The van der Waals surface area contributed by atoms with Gasteiger partial charge in [0.1, 0.15) is 0 Å². The zero-order valence-corrected chi connectivity index (χ0v) is 12.4. The first-order valence-corrected chi connectivity index (χ1v) is 7.27. The van der Waals surface area contributed by atoms with E-state index < -0.39 is 0 Å². The van der Waals surface area contributed by atoms with E-state index in [1.165, 1.54) is 9.75 Å².